The lowest BCUT2D eigenvalue weighted by atomic mass is 9.86. The molecule has 27 heavy (non-hydrogen) atoms. The van der Waals surface area contributed by atoms with Crippen molar-refractivity contribution in [1.82, 2.24) is 20.2 Å². The van der Waals surface area contributed by atoms with Gasteiger partial charge in [0.05, 0.1) is 18.9 Å². The first-order chi connectivity index (χ1) is 12.8. The Hall–Kier alpha value is -2.15. The predicted octanol–water partition coefficient (Wildman–Crippen LogP) is 1.91. The van der Waals surface area contributed by atoms with Gasteiger partial charge in [0, 0.05) is 20.0 Å². The van der Waals surface area contributed by atoms with E-state index in [-0.39, 0.29) is 11.8 Å². The summed E-state index contributed by atoms with van der Waals surface area (Å²) in [6.07, 6.45) is 6.02. The Labute approximate surface area is 160 Å². The summed E-state index contributed by atoms with van der Waals surface area (Å²) in [5, 5.41) is 5.55. The van der Waals surface area contributed by atoms with Gasteiger partial charge in [-0.3, -0.25) is 9.59 Å². The lowest BCUT2D eigenvalue weighted by Gasteiger charge is -2.29. The summed E-state index contributed by atoms with van der Waals surface area (Å²) in [5.41, 5.74) is 2.11. The average molecular weight is 374 g/mol. The van der Waals surface area contributed by atoms with Crippen molar-refractivity contribution in [3.63, 3.8) is 0 Å². The van der Waals surface area contributed by atoms with Crippen molar-refractivity contribution in [3.8, 4) is 0 Å². The van der Waals surface area contributed by atoms with Gasteiger partial charge in [-0.05, 0) is 30.3 Å². The number of allylic oxidation sites excluding steroid dienone is 2. The number of hydrogen-bond acceptors (Lipinski definition) is 4. The number of amides is 2. The molecule has 1 aliphatic carbocycles. The summed E-state index contributed by atoms with van der Waals surface area (Å²) in [5.74, 6) is 0.377. The van der Waals surface area contributed by atoms with Crippen LogP contribution in [0.1, 0.15) is 62.0 Å². The van der Waals surface area contributed by atoms with Gasteiger partial charge in [0.15, 0.2) is 0 Å². The molecular formula is C20H30N4O3. The van der Waals surface area contributed by atoms with Crippen LogP contribution in [0, 0.1) is 5.41 Å². The van der Waals surface area contributed by atoms with Gasteiger partial charge in [-0.15, -0.1) is 0 Å². The van der Waals surface area contributed by atoms with Crippen molar-refractivity contribution in [3.05, 3.63) is 23.3 Å². The topological polar surface area (TPSA) is 85.3 Å². The van der Waals surface area contributed by atoms with E-state index in [4.69, 9.17) is 9.72 Å². The molecule has 7 heteroatoms. The van der Waals surface area contributed by atoms with Gasteiger partial charge in [0.25, 0.3) is 5.91 Å². The summed E-state index contributed by atoms with van der Waals surface area (Å²) < 4.78 is 7.74. The van der Waals surface area contributed by atoms with Crippen molar-refractivity contribution < 1.29 is 14.3 Å². The van der Waals surface area contributed by atoms with Gasteiger partial charge < -0.3 is 19.9 Å². The maximum absolute atomic E-state index is 13.1. The van der Waals surface area contributed by atoms with Gasteiger partial charge in [0.1, 0.15) is 17.6 Å². The molecular weight excluding hydrogens is 344 g/mol. The van der Waals surface area contributed by atoms with E-state index in [9.17, 15) is 9.59 Å². The fourth-order valence-electron chi connectivity index (χ4n) is 3.73. The number of nitrogens with one attached hydrogen (secondary N) is 2. The number of likely N-dealkylation sites (N-methyl/N-ethyl adjacent to an activating group) is 1. The number of rotatable bonds is 4. The van der Waals surface area contributed by atoms with E-state index in [0.717, 1.165) is 30.8 Å². The molecule has 0 aromatic carbocycles. The molecule has 3 rings (SSSR count). The Kier molecular flexibility index (Phi) is 5.69. The number of aromatic nitrogens is 2. The summed E-state index contributed by atoms with van der Waals surface area (Å²) in [6, 6.07) is -0.636. The normalized spacial score (nSPS) is 18.3. The lowest BCUT2D eigenvalue weighted by Crippen LogP contribution is -2.53. The molecule has 2 N–H and O–H groups in total. The fraction of sp³-hybridized carbons (Fsp3) is 0.650. The first-order valence-electron chi connectivity index (χ1n) is 9.72. The standard InChI is InChI=1S/C20H30N4O3/c1-20(2,3)16(19(26)21-4)23-18(25)15-14-9-11-27-12-10-24(14)17(22-15)13-7-5-6-8-13/h7,16H,5-6,8-12H2,1-4H3,(H,21,26)(H,23,25)/t16-/m1/s1. The van der Waals surface area contributed by atoms with Gasteiger partial charge in [0.2, 0.25) is 5.91 Å². The van der Waals surface area contributed by atoms with E-state index < -0.39 is 11.5 Å². The third-order valence-corrected chi connectivity index (χ3v) is 5.21. The quantitative estimate of drug-likeness (QED) is 0.843. The van der Waals surface area contributed by atoms with Crippen LogP contribution in [-0.4, -0.2) is 47.7 Å². The van der Waals surface area contributed by atoms with E-state index in [0.29, 0.717) is 31.9 Å². The fourth-order valence-corrected chi connectivity index (χ4v) is 3.73. The Balaban J connectivity index is 1.95. The van der Waals surface area contributed by atoms with Crippen LogP contribution in [0.3, 0.4) is 0 Å². The third-order valence-electron chi connectivity index (χ3n) is 5.21. The van der Waals surface area contributed by atoms with E-state index in [1.165, 1.54) is 5.57 Å². The molecule has 1 aromatic heterocycles. The van der Waals surface area contributed by atoms with Gasteiger partial charge >= 0.3 is 0 Å². The minimum atomic E-state index is -0.636. The van der Waals surface area contributed by atoms with Crippen LogP contribution >= 0.6 is 0 Å². The largest absolute Gasteiger partial charge is 0.379 e. The highest BCUT2D eigenvalue weighted by Gasteiger charge is 2.34. The molecule has 0 fully saturated rings. The Morgan fingerprint density at radius 1 is 1.26 bits per heavy atom. The Bertz CT molecular complexity index is 758. The lowest BCUT2D eigenvalue weighted by molar-refractivity contribution is -0.124. The number of imidazole rings is 1. The highest BCUT2D eigenvalue weighted by atomic mass is 16.5. The van der Waals surface area contributed by atoms with E-state index in [2.05, 4.69) is 21.3 Å². The van der Waals surface area contributed by atoms with Crippen LogP contribution in [0.4, 0.5) is 0 Å². The highest BCUT2D eigenvalue weighted by molar-refractivity contribution is 5.97. The molecule has 0 radical (unpaired) electrons. The third kappa shape index (κ3) is 4.08. The maximum Gasteiger partial charge on any atom is 0.272 e. The molecule has 2 aliphatic rings. The Morgan fingerprint density at radius 2 is 2.04 bits per heavy atom. The smallest absolute Gasteiger partial charge is 0.272 e. The monoisotopic (exact) mass is 374 g/mol. The van der Waals surface area contributed by atoms with Crippen LogP contribution in [0.5, 0.6) is 0 Å². The minimum absolute atomic E-state index is 0.205. The second-order valence-corrected chi connectivity index (χ2v) is 8.25. The number of ether oxygens (including phenoxy) is 1. The van der Waals surface area contributed by atoms with Gasteiger partial charge in [-0.25, -0.2) is 4.98 Å². The van der Waals surface area contributed by atoms with Crippen LogP contribution in [-0.2, 0) is 22.5 Å². The summed E-state index contributed by atoms with van der Waals surface area (Å²) in [6.45, 7) is 7.69. The molecule has 0 saturated carbocycles. The van der Waals surface area contributed by atoms with Crippen LogP contribution < -0.4 is 10.6 Å². The second kappa shape index (κ2) is 7.84. The molecule has 0 bridgehead atoms. The van der Waals surface area contributed by atoms with E-state index in [1.807, 2.05) is 20.8 Å². The molecule has 2 amide bonds. The van der Waals surface area contributed by atoms with Crippen molar-refractivity contribution in [2.45, 2.75) is 59.0 Å². The van der Waals surface area contributed by atoms with Crippen LogP contribution in [0.25, 0.3) is 5.57 Å². The summed E-state index contributed by atoms with van der Waals surface area (Å²) in [4.78, 5) is 30.1. The number of nitrogens with zero attached hydrogens (tertiary/aromatic N) is 2. The molecule has 2 heterocycles. The predicted molar refractivity (Wildman–Crippen MR) is 103 cm³/mol. The molecule has 0 unspecified atom stereocenters. The van der Waals surface area contributed by atoms with Crippen molar-refractivity contribution in [2.24, 2.45) is 5.41 Å². The van der Waals surface area contributed by atoms with Gasteiger partial charge in [-0.2, -0.15) is 0 Å². The highest BCUT2D eigenvalue weighted by Crippen LogP contribution is 2.30. The Morgan fingerprint density at radius 3 is 2.67 bits per heavy atom. The van der Waals surface area contributed by atoms with E-state index >= 15 is 0 Å². The molecule has 0 spiro atoms. The molecule has 1 atom stereocenters. The molecule has 0 saturated heterocycles. The minimum Gasteiger partial charge on any atom is -0.379 e. The summed E-state index contributed by atoms with van der Waals surface area (Å²) in [7, 11) is 1.58. The number of hydrogen-bond donors (Lipinski definition) is 2. The van der Waals surface area contributed by atoms with Crippen molar-refractivity contribution in [2.75, 3.05) is 20.3 Å². The molecule has 1 aliphatic heterocycles. The summed E-state index contributed by atoms with van der Waals surface area (Å²) >= 11 is 0. The average Bonchev–Trinajstić information content (AvgIpc) is 3.20. The zero-order chi connectivity index (χ0) is 19.6. The zero-order valence-electron chi connectivity index (χ0n) is 16.7. The van der Waals surface area contributed by atoms with Crippen molar-refractivity contribution in [1.29, 1.82) is 0 Å². The van der Waals surface area contributed by atoms with Crippen LogP contribution in [0.2, 0.25) is 0 Å². The molecule has 7 nitrogen and oxygen atoms in total. The zero-order valence-corrected chi connectivity index (χ0v) is 16.7. The number of carbonyl (C=O) groups excluding carboxylic acids is 2. The maximum atomic E-state index is 13.1. The van der Waals surface area contributed by atoms with Gasteiger partial charge in [-0.1, -0.05) is 26.8 Å². The molecule has 1 aromatic rings. The number of carbonyl (C=O) groups is 2. The van der Waals surface area contributed by atoms with E-state index in [1.54, 1.807) is 7.05 Å². The number of fused-ring (bicyclic) bond motifs is 1. The second-order valence-electron chi connectivity index (χ2n) is 8.25. The first kappa shape index (κ1) is 19.6. The first-order valence-corrected chi connectivity index (χ1v) is 9.72. The van der Waals surface area contributed by atoms with Crippen molar-refractivity contribution >= 4 is 17.4 Å². The van der Waals surface area contributed by atoms with Crippen LogP contribution in [0.15, 0.2) is 6.08 Å². The SMILES string of the molecule is CNC(=O)[C@@H](NC(=O)c1nc(C2=CCCC2)n2c1CCOCC2)C(C)(C)C. The molecule has 148 valence electrons.